The SMILES string of the molecule is c1ccc2c(c1)NCC2Cc1nc(-c2ccsc2)no1. The van der Waals surface area contributed by atoms with E-state index in [-0.39, 0.29) is 0 Å². The summed E-state index contributed by atoms with van der Waals surface area (Å²) in [5.41, 5.74) is 3.58. The average molecular weight is 283 g/mol. The maximum absolute atomic E-state index is 5.38. The highest BCUT2D eigenvalue weighted by Gasteiger charge is 2.24. The first kappa shape index (κ1) is 11.7. The molecule has 1 aromatic carbocycles. The van der Waals surface area contributed by atoms with Crippen LogP contribution in [-0.2, 0) is 6.42 Å². The monoisotopic (exact) mass is 283 g/mol. The van der Waals surface area contributed by atoms with E-state index in [1.54, 1.807) is 11.3 Å². The van der Waals surface area contributed by atoms with Crippen molar-refractivity contribution in [1.82, 2.24) is 10.1 Å². The van der Waals surface area contributed by atoms with E-state index in [0.29, 0.717) is 17.6 Å². The predicted octanol–water partition coefficient (Wildman–Crippen LogP) is 3.55. The molecule has 4 rings (SSSR count). The van der Waals surface area contributed by atoms with Gasteiger partial charge in [-0.3, -0.25) is 0 Å². The van der Waals surface area contributed by atoms with E-state index in [9.17, 15) is 0 Å². The van der Waals surface area contributed by atoms with Crippen LogP contribution in [0.2, 0.25) is 0 Å². The number of thiophene rings is 1. The standard InChI is InChI=1S/C15H13N3OS/c1-2-4-13-12(3-1)11(8-16-13)7-14-17-15(18-19-14)10-5-6-20-9-10/h1-6,9,11,16H,7-8H2. The number of fused-ring (bicyclic) bond motifs is 1. The number of nitrogens with zero attached hydrogens (tertiary/aromatic N) is 2. The summed E-state index contributed by atoms with van der Waals surface area (Å²) in [6.07, 6.45) is 0.779. The van der Waals surface area contributed by atoms with Crippen molar-refractivity contribution >= 4 is 17.0 Å². The Kier molecular flexibility index (Phi) is 2.77. The average Bonchev–Trinajstić information content (AvgIpc) is 3.19. The van der Waals surface area contributed by atoms with Crippen LogP contribution < -0.4 is 5.32 Å². The van der Waals surface area contributed by atoms with Gasteiger partial charge < -0.3 is 9.84 Å². The highest BCUT2D eigenvalue weighted by Crippen LogP contribution is 2.33. The molecule has 1 aliphatic heterocycles. The minimum absolute atomic E-state index is 0.405. The lowest BCUT2D eigenvalue weighted by Crippen LogP contribution is -2.05. The number of benzene rings is 1. The summed E-state index contributed by atoms with van der Waals surface area (Å²) in [6.45, 7) is 0.926. The lowest BCUT2D eigenvalue weighted by Gasteiger charge is -2.05. The molecule has 0 saturated carbocycles. The number of anilines is 1. The fourth-order valence-corrected chi connectivity index (χ4v) is 3.23. The zero-order valence-electron chi connectivity index (χ0n) is 10.7. The van der Waals surface area contributed by atoms with Gasteiger partial charge in [0.15, 0.2) is 0 Å². The smallest absolute Gasteiger partial charge is 0.227 e. The second-order valence-corrected chi connectivity index (χ2v) is 5.67. The molecular weight excluding hydrogens is 270 g/mol. The van der Waals surface area contributed by atoms with Crippen molar-refractivity contribution in [2.24, 2.45) is 0 Å². The van der Waals surface area contributed by atoms with Crippen molar-refractivity contribution in [3.8, 4) is 11.4 Å². The molecule has 3 heterocycles. The van der Waals surface area contributed by atoms with Gasteiger partial charge in [0.1, 0.15) is 0 Å². The summed E-state index contributed by atoms with van der Waals surface area (Å²) in [6, 6.07) is 10.4. The largest absolute Gasteiger partial charge is 0.384 e. The van der Waals surface area contributed by atoms with Gasteiger partial charge in [-0.2, -0.15) is 16.3 Å². The molecule has 5 heteroatoms. The Bertz CT molecular complexity index is 720. The van der Waals surface area contributed by atoms with Crippen LogP contribution in [0.4, 0.5) is 5.69 Å². The van der Waals surface area contributed by atoms with Crippen LogP contribution in [0.15, 0.2) is 45.6 Å². The van der Waals surface area contributed by atoms with E-state index in [2.05, 4.69) is 39.7 Å². The first-order valence-corrected chi connectivity index (χ1v) is 7.52. The number of hydrogen-bond donors (Lipinski definition) is 1. The van der Waals surface area contributed by atoms with Gasteiger partial charge >= 0.3 is 0 Å². The van der Waals surface area contributed by atoms with Gasteiger partial charge in [-0.1, -0.05) is 23.4 Å². The normalized spacial score (nSPS) is 16.9. The maximum atomic E-state index is 5.38. The Morgan fingerprint density at radius 1 is 1.30 bits per heavy atom. The summed E-state index contributed by atoms with van der Waals surface area (Å²) in [5, 5.41) is 11.5. The lowest BCUT2D eigenvalue weighted by molar-refractivity contribution is 0.372. The van der Waals surface area contributed by atoms with Crippen LogP contribution in [0.25, 0.3) is 11.4 Å². The predicted molar refractivity (Wildman–Crippen MR) is 79.0 cm³/mol. The number of para-hydroxylation sites is 1. The minimum Gasteiger partial charge on any atom is -0.384 e. The molecular formula is C15H13N3OS. The fourth-order valence-electron chi connectivity index (χ4n) is 2.60. The van der Waals surface area contributed by atoms with Crippen LogP contribution in [0.1, 0.15) is 17.4 Å². The third-order valence-corrected chi connectivity index (χ3v) is 4.29. The molecule has 3 aromatic rings. The summed E-state index contributed by atoms with van der Waals surface area (Å²) in [7, 11) is 0. The molecule has 20 heavy (non-hydrogen) atoms. The van der Waals surface area contributed by atoms with Crippen LogP contribution in [-0.4, -0.2) is 16.7 Å². The Balaban J connectivity index is 1.56. The molecule has 100 valence electrons. The van der Waals surface area contributed by atoms with Crippen LogP contribution >= 0.6 is 11.3 Å². The highest BCUT2D eigenvalue weighted by molar-refractivity contribution is 7.08. The Morgan fingerprint density at radius 3 is 3.15 bits per heavy atom. The van der Waals surface area contributed by atoms with Gasteiger partial charge in [0.25, 0.3) is 0 Å². The number of hydrogen-bond acceptors (Lipinski definition) is 5. The van der Waals surface area contributed by atoms with E-state index in [1.165, 1.54) is 11.3 Å². The van der Waals surface area contributed by atoms with Gasteiger partial charge in [0.2, 0.25) is 11.7 Å². The topological polar surface area (TPSA) is 51.0 Å². The van der Waals surface area contributed by atoms with E-state index in [1.807, 2.05) is 16.8 Å². The molecule has 1 aliphatic rings. The molecule has 2 aromatic heterocycles. The van der Waals surface area contributed by atoms with Gasteiger partial charge in [-0.15, -0.1) is 0 Å². The number of aromatic nitrogens is 2. The summed E-state index contributed by atoms with van der Waals surface area (Å²) >= 11 is 1.64. The second kappa shape index (κ2) is 4.76. The lowest BCUT2D eigenvalue weighted by atomic mass is 9.98. The molecule has 0 aliphatic carbocycles. The fraction of sp³-hybridized carbons (Fsp3) is 0.200. The summed E-state index contributed by atoms with van der Waals surface area (Å²) in [5.74, 6) is 1.79. The van der Waals surface area contributed by atoms with Crippen LogP contribution in [0.3, 0.4) is 0 Å². The molecule has 0 amide bonds. The van der Waals surface area contributed by atoms with Crippen LogP contribution in [0.5, 0.6) is 0 Å². The van der Waals surface area contributed by atoms with Gasteiger partial charge in [-0.25, -0.2) is 0 Å². The van der Waals surface area contributed by atoms with E-state index >= 15 is 0 Å². The Morgan fingerprint density at radius 2 is 2.25 bits per heavy atom. The molecule has 1 N–H and O–H groups in total. The zero-order chi connectivity index (χ0) is 13.4. The zero-order valence-corrected chi connectivity index (χ0v) is 11.6. The van der Waals surface area contributed by atoms with Crippen LogP contribution in [0, 0.1) is 0 Å². The first-order chi connectivity index (χ1) is 9.90. The Labute approximate surface area is 120 Å². The number of nitrogens with one attached hydrogen (secondary N) is 1. The van der Waals surface area contributed by atoms with E-state index in [4.69, 9.17) is 4.52 Å². The van der Waals surface area contributed by atoms with E-state index < -0.39 is 0 Å². The molecule has 0 fully saturated rings. The molecule has 4 nitrogen and oxygen atoms in total. The first-order valence-electron chi connectivity index (χ1n) is 6.58. The second-order valence-electron chi connectivity index (χ2n) is 4.89. The van der Waals surface area contributed by atoms with Crippen molar-refractivity contribution < 1.29 is 4.52 Å². The van der Waals surface area contributed by atoms with E-state index in [0.717, 1.165) is 18.5 Å². The molecule has 0 radical (unpaired) electrons. The summed E-state index contributed by atoms with van der Waals surface area (Å²) in [4.78, 5) is 4.49. The third kappa shape index (κ3) is 2.00. The van der Waals surface area contributed by atoms with Crippen molar-refractivity contribution in [3.05, 3.63) is 52.5 Å². The van der Waals surface area contributed by atoms with Crippen molar-refractivity contribution in [2.45, 2.75) is 12.3 Å². The van der Waals surface area contributed by atoms with Gasteiger partial charge in [0, 0.05) is 35.5 Å². The van der Waals surface area contributed by atoms with Gasteiger partial charge in [-0.05, 0) is 23.1 Å². The summed E-state index contributed by atoms with van der Waals surface area (Å²) < 4.78 is 5.38. The molecule has 0 bridgehead atoms. The number of rotatable bonds is 3. The van der Waals surface area contributed by atoms with Crippen molar-refractivity contribution in [3.63, 3.8) is 0 Å². The quantitative estimate of drug-likeness (QED) is 0.798. The molecule has 0 saturated heterocycles. The molecule has 0 spiro atoms. The maximum Gasteiger partial charge on any atom is 0.227 e. The van der Waals surface area contributed by atoms with Gasteiger partial charge in [0.05, 0.1) is 0 Å². The van der Waals surface area contributed by atoms with Crippen molar-refractivity contribution in [1.29, 1.82) is 0 Å². The minimum atomic E-state index is 0.405. The molecule has 1 unspecified atom stereocenters. The molecule has 1 atom stereocenters. The Hall–Kier alpha value is -2.14. The van der Waals surface area contributed by atoms with Crippen molar-refractivity contribution in [2.75, 3.05) is 11.9 Å². The highest BCUT2D eigenvalue weighted by atomic mass is 32.1. The third-order valence-electron chi connectivity index (χ3n) is 3.61.